The van der Waals surface area contributed by atoms with E-state index in [9.17, 15) is 13.2 Å². The number of sulfone groups is 1. The Morgan fingerprint density at radius 1 is 0.971 bits per heavy atom. The summed E-state index contributed by atoms with van der Waals surface area (Å²) in [5.41, 5.74) is 1.66. The zero-order valence-electron chi connectivity index (χ0n) is 22.0. The lowest BCUT2D eigenvalue weighted by molar-refractivity contribution is 0.0210. The summed E-state index contributed by atoms with van der Waals surface area (Å²) >= 11 is 0. The number of anilines is 2. The Hall–Kier alpha value is -1.96. The van der Waals surface area contributed by atoms with E-state index in [0.29, 0.717) is 26.2 Å². The summed E-state index contributed by atoms with van der Waals surface area (Å²) < 4.78 is 29.3. The molecule has 0 aliphatic carbocycles. The van der Waals surface area contributed by atoms with Gasteiger partial charge < -0.3 is 19.4 Å². The summed E-state index contributed by atoms with van der Waals surface area (Å²) in [6.07, 6.45) is 0.749. The van der Waals surface area contributed by atoms with E-state index in [1.54, 1.807) is 0 Å². The molecule has 2 fully saturated rings. The second kappa shape index (κ2) is 9.96. The Kier molecular flexibility index (Phi) is 7.80. The first kappa shape index (κ1) is 26.6. The van der Waals surface area contributed by atoms with Gasteiger partial charge in [0, 0.05) is 44.1 Å². The predicted molar refractivity (Wildman–Crippen MR) is 139 cm³/mol. The minimum Gasteiger partial charge on any atom is -0.444 e. The Bertz CT molecular complexity index is 939. The molecule has 2 aliphatic rings. The molecule has 0 saturated carbocycles. The molecule has 1 aromatic carbocycles. The second-order valence-corrected chi connectivity index (χ2v) is 14.0. The number of nitrogens with zero attached hydrogens (tertiary/aromatic N) is 3. The number of ether oxygens (including phenoxy) is 1. The van der Waals surface area contributed by atoms with E-state index in [0.717, 1.165) is 24.3 Å². The molecule has 0 N–H and O–H groups in total. The van der Waals surface area contributed by atoms with Gasteiger partial charge in [0.15, 0.2) is 9.84 Å². The normalized spacial score (nSPS) is 24.0. The van der Waals surface area contributed by atoms with Gasteiger partial charge in [0.2, 0.25) is 0 Å². The number of benzene rings is 1. The molecular weight excluding hydrogens is 450 g/mol. The van der Waals surface area contributed by atoms with Crippen LogP contribution in [0.2, 0.25) is 0 Å². The van der Waals surface area contributed by atoms with Crippen LogP contribution in [0.3, 0.4) is 0 Å². The zero-order chi connectivity index (χ0) is 25.3. The van der Waals surface area contributed by atoms with E-state index >= 15 is 0 Å². The highest BCUT2D eigenvalue weighted by Gasteiger charge is 2.40. The highest BCUT2D eigenvalue weighted by atomic mass is 32.2. The van der Waals surface area contributed by atoms with Gasteiger partial charge in [-0.3, -0.25) is 0 Å². The van der Waals surface area contributed by atoms with Crippen LogP contribution in [-0.4, -0.2) is 75.3 Å². The molecule has 2 aliphatic heterocycles. The molecule has 1 aromatic rings. The van der Waals surface area contributed by atoms with Crippen LogP contribution in [-0.2, 0) is 14.6 Å². The highest BCUT2D eigenvalue weighted by Crippen LogP contribution is 2.36. The van der Waals surface area contributed by atoms with Crippen LogP contribution in [0.1, 0.15) is 54.9 Å². The molecule has 34 heavy (non-hydrogen) atoms. The summed E-state index contributed by atoms with van der Waals surface area (Å²) in [5.74, 6) is 0.717. The summed E-state index contributed by atoms with van der Waals surface area (Å²) in [5, 5.41) is 0. The van der Waals surface area contributed by atoms with Crippen molar-refractivity contribution in [3.63, 3.8) is 0 Å². The Labute approximate surface area is 206 Å². The lowest BCUT2D eigenvalue weighted by Crippen LogP contribution is -2.51. The minimum absolute atomic E-state index is 0.00970. The van der Waals surface area contributed by atoms with Crippen molar-refractivity contribution in [3.05, 3.63) is 24.3 Å². The molecule has 3 rings (SSSR count). The van der Waals surface area contributed by atoms with Crippen LogP contribution in [0, 0.1) is 11.3 Å². The van der Waals surface area contributed by atoms with Crippen molar-refractivity contribution in [1.82, 2.24) is 4.90 Å². The van der Waals surface area contributed by atoms with Crippen molar-refractivity contribution in [3.8, 4) is 0 Å². The van der Waals surface area contributed by atoms with E-state index in [-0.39, 0.29) is 35.0 Å². The number of rotatable bonds is 4. The average Bonchev–Trinajstić information content (AvgIpc) is 2.92. The van der Waals surface area contributed by atoms with Crippen LogP contribution in [0.25, 0.3) is 0 Å². The van der Waals surface area contributed by atoms with E-state index in [4.69, 9.17) is 4.74 Å². The zero-order valence-corrected chi connectivity index (χ0v) is 22.8. The fourth-order valence-electron chi connectivity index (χ4n) is 4.77. The fourth-order valence-corrected chi connectivity index (χ4v) is 5.97. The summed E-state index contributed by atoms with van der Waals surface area (Å²) in [6.45, 7) is 17.9. The van der Waals surface area contributed by atoms with Crippen LogP contribution >= 0.6 is 0 Å². The molecule has 0 aromatic heterocycles. The number of hydrogen-bond donors (Lipinski definition) is 0. The van der Waals surface area contributed by atoms with Crippen molar-refractivity contribution < 1.29 is 17.9 Å². The van der Waals surface area contributed by atoms with Gasteiger partial charge in [0.25, 0.3) is 0 Å². The lowest BCUT2D eigenvalue weighted by Gasteiger charge is -2.43. The van der Waals surface area contributed by atoms with E-state index in [2.05, 4.69) is 61.8 Å². The van der Waals surface area contributed by atoms with Gasteiger partial charge in [0.05, 0.1) is 17.5 Å². The SMILES string of the molecule is CCC(C)(C)[C@H]1CN(C(=O)OC(C)(C)C)C[C@@H](C)CN1c1ccc(N2CCS(=O)(=O)CC2)cc1. The van der Waals surface area contributed by atoms with E-state index in [1.807, 2.05) is 25.7 Å². The van der Waals surface area contributed by atoms with Crippen molar-refractivity contribution in [2.75, 3.05) is 54.0 Å². The van der Waals surface area contributed by atoms with Gasteiger partial charge in [-0.1, -0.05) is 27.7 Å². The van der Waals surface area contributed by atoms with Crippen molar-refractivity contribution in [2.45, 2.75) is 66.5 Å². The standard InChI is InChI=1S/C26H43N3O4S/c1-8-26(6,7)23-19-28(24(30)33-25(3,4)5)17-20(2)18-29(23)22-11-9-21(10-12-22)27-13-15-34(31,32)16-14-27/h9-12,20,23H,8,13-19H2,1-7H3/t20-,23-/m1/s1. The van der Waals surface area contributed by atoms with E-state index < -0.39 is 15.4 Å². The van der Waals surface area contributed by atoms with Gasteiger partial charge in [-0.25, -0.2) is 13.2 Å². The van der Waals surface area contributed by atoms with Crippen LogP contribution < -0.4 is 9.80 Å². The number of amides is 1. The molecule has 0 spiro atoms. The van der Waals surface area contributed by atoms with Crippen molar-refractivity contribution in [2.24, 2.45) is 11.3 Å². The topological polar surface area (TPSA) is 70.2 Å². The summed E-state index contributed by atoms with van der Waals surface area (Å²) in [6, 6.07) is 8.63. The van der Waals surface area contributed by atoms with Gasteiger partial charge in [-0.05, 0) is 62.8 Å². The van der Waals surface area contributed by atoms with Crippen LogP contribution in [0.5, 0.6) is 0 Å². The van der Waals surface area contributed by atoms with Gasteiger partial charge in [-0.15, -0.1) is 0 Å². The fraction of sp³-hybridized carbons (Fsp3) is 0.731. The van der Waals surface area contributed by atoms with Gasteiger partial charge in [-0.2, -0.15) is 0 Å². The quantitative estimate of drug-likeness (QED) is 0.618. The summed E-state index contributed by atoms with van der Waals surface area (Å²) in [7, 11) is -2.90. The molecule has 2 atom stereocenters. The third-order valence-corrected chi connectivity index (χ3v) is 8.78. The molecule has 0 radical (unpaired) electrons. The van der Waals surface area contributed by atoms with Gasteiger partial charge >= 0.3 is 6.09 Å². The molecule has 2 saturated heterocycles. The van der Waals surface area contributed by atoms with E-state index in [1.165, 1.54) is 0 Å². The molecule has 0 bridgehead atoms. The first-order valence-corrected chi connectivity index (χ1v) is 14.3. The molecule has 7 nitrogen and oxygen atoms in total. The third kappa shape index (κ3) is 6.58. The van der Waals surface area contributed by atoms with Gasteiger partial charge in [0.1, 0.15) is 5.60 Å². The number of carbonyl (C=O) groups is 1. The number of carbonyl (C=O) groups excluding carboxylic acids is 1. The maximum Gasteiger partial charge on any atom is 0.410 e. The molecule has 8 heteroatoms. The summed E-state index contributed by atoms with van der Waals surface area (Å²) in [4.78, 5) is 19.5. The Balaban J connectivity index is 1.85. The lowest BCUT2D eigenvalue weighted by atomic mass is 9.80. The van der Waals surface area contributed by atoms with Crippen LogP contribution in [0.15, 0.2) is 24.3 Å². The molecule has 1 amide bonds. The second-order valence-electron chi connectivity index (χ2n) is 11.7. The smallest absolute Gasteiger partial charge is 0.410 e. The maximum atomic E-state index is 13.0. The molecule has 0 unspecified atom stereocenters. The highest BCUT2D eigenvalue weighted by molar-refractivity contribution is 7.91. The Morgan fingerprint density at radius 3 is 2.06 bits per heavy atom. The monoisotopic (exact) mass is 493 g/mol. The average molecular weight is 494 g/mol. The first-order chi connectivity index (χ1) is 15.7. The number of hydrogen-bond acceptors (Lipinski definition) is 6. The van der Waals surface area contributed by atoms with Crippen molar-refractivity contribution >= 4 is 27.3 Å². The molecular formula is C26H43N3O4S. The largest absolute Gasteiger partial charge is 0.444 e. The maximum absolute atomic E-state index is 13.0. The molecule has 192 valence electrons. The first-order valence-electron chi connectivity index (χ1n) is 12.5. The van der Waals surface area contributed by atoms with Crippen molar-refractivity contribution in [1.29, 1.82) is 0 Å². The predicted octanol–water partition coefficient (Wildman–Crippen LogP) is 4.42. The molecule has 2 heterocycles. The minimum atomic E-state index is -2.90. The van der Waals surface area contributed by atoms with Crippen LogP contribution in [0.4, 0.5) is 16.2 Å². The third-order valence-electron chi connectivity index (χ3n) is 7.17. The Morgan fingerprint density at radius 2 is 1.53 bits per heavy atom.